The summed E-state index contributed by atoms with van der Waals surface area (Å²) in [7, 11) is 0. The smallest absolute Gasteiger partial charge is 0.354 e. The van der Waals surface area contributed by atoms with Crippen molar-refractivity contribution in [1.82, 2.24) is 24.4 Å². The molecule has 0 spiro atoms. The number of imidazole rings is 1. The van der Waals surface area contributed by atoms with Crippen LogP contribution in [-0.2, 0) is 24.4 Å². The van der Waals surface area contributed by atoms with Crippen LogP contribution in [0.4, 0.5) is 10.2 Å². The van der Waals surface area contributed by atoms with Gasteiger partial charge in [-0.3, -0.25) is 4.90 Å². The van der Waals surface area contributed by atoms with Crippen LogP contribution in [-0.4, -0.2) is 73.9 Å². The fraction of sp³-hybridized carbons (Fsp3) is 0.367. The van der Waals surface area contributed by atoms with Gasteiger partial charge < -0.3 is 24.0 Å². The van der Waals surface area contributed by atoms with Crippen molar-refractivity contribution in [1.29, 1.82) is 5.26 Å². The number of ether oxygens (including phenoxy) is 2. The number of halogens is 1. The molecule has 11 nitrogen and oxygen atoms in total. The number of hydrogen-bond donors (Lipinski definition) is 1. The highest BCUT2D eigenvalue weighted by atomic mass is 19.1. The maximum atomic E-state index is 14.3. The number of nitriles is 1. The molecule has 0 bridgehead atoms. The molecule has 6 rings (SSSR count). The minimum absolute atomic E-state index is 0.00698. The van der Waals surface area contributed by atoms with Crippen LogP contribution in [0, 0.1) is 17.1 Å². The molecule has 1 aromatic carbocycles. The second-order valence-electron chi connectivity index (χ2n) is 10.6. The summed E-state index contributed by atoms with van der Waals surface area (Å²) >= 11 is 0. The Morgan fingerprint density at radius 2 is 2.05 bits per heavy atom. The Balaban J connectivity index is 1.13. The highest BCUT2D eigenvalue weighted by molar-refractivity contribution is 5.88. The number of hydrogen-bond acceptors (Lipinski definition) is 9. The van der Waals surface area contributed by atoms with Crippen molar-refractivity contribution in [3.8, 4) is 11.9 Å². The van der Waals surface area contributed by atoms with E-state index in [0.29, 0.717) is 35.7 Å². The quantitative estimate of drug-likeness (QED) is 0.318. The molecule has 2 atom stereocenters. The molecule has 0 radical (unpaired) electrons. The number of carboxylic acid groups (broad SMARTS) is 1. The predicted octanol–water partition coefficient (Wildman–Crippen LogP) is 3.61. The average Bonchev–Trinajstić information content (AvgIpc) is 3.31. The number of anilines is 1. The van der Waals surface area contributed by atoms with Gasteiger partial charge >= 0.3 is 5.97 Å². The molecule has 3 aromatic heterocycles. The van der Waals surface area contributed by atoms with Gasteiger partial charge in [0.25, 0.3) is 0 Å². The number of piperazine rings is 1. The number of fused-ring (bicyclic) bond motifs is 1. The van der Waals surface area contributed by atoms with E-state index in [1.54, 1.807) is 24.3 Å². The minimum Gasteiger partial charge on any atom is -0.477 e. The molecule has 2 fully saturated rings. The lowest BCUT2D eigenvalue weighted by Gasteiger charge is -2.40. The number of aromatic nitrogens is 4. The highest BCUT2D eigenvalue weighted by Gasteiger charge is 2.28. The molecule has 4 aromatic rings. The van der Waals surface area contributed by atoms with Gasteiger partial charge in [-0.2, -0.15) is 10.2 Å². The molecule has 0 saturated carbocycles. The van der Waals surface area contributed by atoms with E-state index in [4.69, 9.17) is 19.7 Å². The first-order valence-corrected chi connectivity index (χ1v) is 13.9. The molecule has 2 saturated heterocycles. The second-order valence-corrected chi connectivity index (χ2v) is 10.6. The minimum atomic E-state index is -1.07. The molecule has 42 heavy (non-hydrogen) atoms. The summed E-state index contributed by atoms with van der Waals surface area (Å²) in [6.45, 7) is 6.29. The molecule has 0 aliphatic carbocycles. The summed E-state index contributed by atoms with van der Waals surface area (Å²) < 4.78 is 27.7. The number of carboxylic acids is 1. The fourth-order valence-corrected chi connectivity index (χ4v) is 5.28. The third-order valence-electron chi connectivity index (χ3n) is 7.77. The van der Waals surface area contributed by atoms with E-state index in [0.717, 1.165) is 44.3 Å². The Morgan fingerprint density at radius 3 is 2.76 bits per heavy atom. The van der Waals surface area contributed by atoms with Gasteiger partial charge in [-0.25, -0.2) is 19.2 Å². The van der Waals surface area contributed by atoms with E-state index in [9.17, 15) is 14.3 Å². The Morgan fingerprint density at radius 1 is 1.19 bits per heavy atom. The molecule has 12 heteroatoms. The lowest BCUT2D eigenvalue weighted by molar-refractivity contribution is -0.0593. The molecule has 2 aliphatic rings. The SMILES string of the molecule is C[C@H]1CN(c2cccc(OCc3ccc(C#N)cc3F)n2)CCN1Cc1nc2ccc(C(=O)O)nc2n1C[C@@H]1CCO1. The molecule has 0 amide bonds. The number of benzene rings is 1. The number of rotatable bonds is 9. The van der Waals surface area contributed by atoms with Gasteiger partial charge in [0.05, 0.1) is 30.8 Å². The van der Waals surface area contributed by atoms with Gasteiger partial charge in [0.15, 0.2) is 11.3 Å². The first-order chi connectivity index (χ1) is 20.4. The van der Waals surface area contributed by atoms with Gasteiger partial charge in [0.2, 0.25) is 5.88 Å². The number of nitrogens with zero attached hydrogens (tertiary/aromatic N) is 7. The van der Waals surface area contributed by atoms with Crippen molar-refractivity contribution >= 4 is 23.0 Å². The number of pyridine rings is 2. The molecular formula is C30H30FN7O4. The average molecular weight is 572 g/mol. The lowest BCUT2D eigenvalue weighted by atomic mass is 10.1. The van der Waals surface area contributed by atoms with Gasteiger partial charge in [-0.15, -0.1) is 0 Å². The van der Waals surface area contributed by atoms with Crippen molar-refractivity contribution < 1.29 is 23.8 Å². The topological polar surface area (TPSA) is 130 Å². The number of carbonyl (C=O) groups is 1. The summed E-state index contributed by atoms with van der Waals surface area (Å²) in [6, 6.07) is 15.1. The van der Waals surface area contributed by atoms with Crippen LogP contribution >= 0.6 is 0 Å². The zero-order valence-electron chi connectivity index (χ0n) is 23.1. The van der Waals surface area contributed by atoms with Crippen molar-refractivity contribution in [2.45, 2.75) is 45.2 Å². The molecular weight excluding hydrogens is 541 g/mol. The Labute approximate surface area is 241 Å². The normalized spacial score (nSPS) is 18.9. The molecule has 2 aliphatic heterocycles. The summed E-state index contributed by atoms with van der Waals surface area (Å²) in [5, 5.41) is 18.4. The third-order valence-corrected chi connectivity index (χ3v) is 7.77. The van der Waals surface area contributed by atoms with E-state index < -0.39 is 11.8 Å². The fourth-order valence-electron chi connectivity index (χ4n) is 5.28. The predicted molar refractivity (Wildman–Crippen MR) is 151 cm³/mol. The van der Waals surface area contributed by atoms with Crippen LogP contribution in [0.1, 0.15) is 40.8 Å². The summed E-state index contributed by atoms with van der Waals surface area (Å²) in [5.41, 5.74) is 1.84. The van der Waals surface area contributed by atoms with Gasteiger partial charge in [-0.05, 0) is 43.7 Å². The Bertz CT molecular complexity index is 1670. The first-order valence-electron chi connectivity index (χ1n) is 13.9. The lowest BCUT2D eigenvalue weighted by Crippen LogP contribution is -2.52. The van der Waals surface area contributed by atoms with Gasteiger partial charge in [0.1, 0.15) is 29.6 Å². The highest BCUT2D eigenvalue weighted by Crippen LogP contribution is 2.25. The number of aromatic carboxylic acids is 1. The molecule has 0 unspecified atom stereocenters. The van der Waals surface area contributed by atoms with Crippen molar-refractivity contribution in [3.63, 3.8) is 0 Å². The van der Waals surface area contributed by atoms with Crippen molar-refractivity contribution in [2.24, 2.45) is 0 Å². The second kappa shape index (κ2) is 11.7. The Kier molecular flexibility index (Phi) is 7.69. The van der Waals surface area contributed by atoms with E-state index in [1.807, 2.05) is 22.8 Å². The van der Waals surface area contributed by atoms with Crippen LogP contribution in [0.3, 0.4) is 0 Å². The van der Waals surface area contributed by atoms with E-state index in [-0.39, 0.29) is 30.0 Å². The first kappa shape index (κ1) is 27.6. The van der Waals surface area contributed by atoms with Crippen LogP contribution < -0.4 is 9.64 Å². The van der Waals surface area contributed by atoms with Crippen LogP contribution in [0.25, 0.3) is 11.2 Å². The van der Waals surface area contributed by atoms with Gasteiger partial charge in [-0.1, -0.05) is 12.1 Å². The van der Waals surface area contributed by atoms with E-state index in [1.165, 1.54) is 12.1 Å². The monoisotopic (exact) mass is 571 g/mol. The van der Waals surface area contributed by atoms with Crippen molar-refractivity contribution in [3.05, 3.63) is 77.0 Å². The van der Waals surface area contributed by atoms with Crippen LogP contribution in [0.5, 0.6) is 5.88 Å². The molecule has 1 N–H and O–H groups in total. The maximum absolute atomic E-state index is 14.3. The zero-order chi connectivity index (χ0) is 29.2. The zero-order valence-corrected chi connectivity index (χ0v) is 23.1. The largest absolute Gasteiger partial charge is 0.477 e. The van der Waals surface area contributed by atoms with Crippen molar-refractivity contribution in [2.75, 3.05) is 31.1 Å². The van der Waals surface area contributed by atoms with Crippen LogP contribution in [0.2, 0.25) is 0 Å². The Hall–Kier alpha value is -4.60. The van der Waals surface area contributed by atoms with Crippen LogP contribution in [0.15, 0.2) is 48.5 Å². The summed E-state index contributed by atoms with van der Waals surface area (Å²) in [5.74, 6) is 0.451. The molecule has 5 heterocycles. The standard InChI is InChI=1S/C30H30FN7O4/c1-19-15-37(26-3-2-4-28(35-26)42-18-21-6-5-20(14-32)13-23(21)31)11-10-36(19)17-27-33-24-7-8-25(30(39)40)34-29(24)38(27)16-22-9-12-41-22/h2-8,13,19,22H,9-12,15-18H2,1H3,(H,39,40)/t19-,22-/m0/s1. The summed E-state index contributed by atoms with van der Waals surface area (Å²) in [4.78, 5) is 30.0. The van der Waals surface area contributed by atoms with Gasteiger partial charge in [0, 0.05) is 43.9 Å². The third kappa shape index (κ3) is 5.74. The summed E-state index contributed by atoms with van der Waals surface area (Å²) in [6.07, 6.45) is 1.02. The maximum Gasteiger partial charge on any atom is 0.354 e. The van der Waals surface area contributed by atoms with E-state index in [2.05, 4.69) is 26.7 Å². The molecule has 216 valence electrons. The van der Waals surface area contributed by atoms with E-state index >= 15 is 0 Å².